The number of urea groups is 1. The number of carbonyl (C=O) groups is 2. The van der Waals surface area contributed by atoms with Gasteiger partial charge in [0.25, 0.3) is 5.91 Å². The topological polar surface area (TPSA) is 75.4 Å². The molecule has 19 heavy (non-hydrogen) atoms. The van der Waals surface area contributed by atoms with Crippen molar-refractivity contribution in [3.8, 4) is 0 Å². The van der Waals surface area contributed by atoms with E-state index in [9.17, 15) is 9.59 Å². The third-order valence-corrected chi connectivity index (χ3v) is 4.11. The zero-order chi connectivity index (χ0) is 13.8. The fourth-order valence-corrected chi connectivity index (χ4v) is 2.87. The van der Waals surface area contributed by atoms with Crippen molar-refractivity contribution in [2.45, 2.75) is 0 Å². The van der Waals surface area contributed by atoms with Crippen LogP contribution in [0, 0.1) is 0 Å². The van der Waals surface area contributed by atoms with Crippen LogP contribution in [0.1, 0.15) is 9.67 Å². The minimum atomic E-state index is -0.757. The summed E-state index contributed by atoms with van der Waals surface area (Å²) in [6.07, 6.45) is 0. The Balaban J connectivity index is 2.21. The van der Waals surface area contributed by atoms with Gasteiger partial charge >= 0.3 is 6.03 Å². The number of para-hydroxylation sites is 1. The first-order chi connectivity index (χ1) is 9.09. The zero-order valence-corrected chi connectivity index (χ0v) is 12.1. The van der Waals surface area contributed by atoms with Crippen LogP contribution >= 0.6 is 27.3 Å². The van der Waals surface area contributed by atoms with Crippen molar-refractivity contribution in [2.24, 2.45) is 5.73 Å². The Labute approximate surface area is 122 Å². The van der Waals surface area contributed by atoms with Gasteiger partial charge < -0.3 is 5.73 Å². The Morgan fingerprint density at radius 2 is 1.89 bits per heavy atom. The molecule has 0 fully saturated rings. The number of thiophene rings is 1. The van der Waals surface area contributed by atoms with Gasteiger partial charge in [-0.2, -0.15) is 0 Å². The summed E-state index contributed by atoms with van der Waals surface area (Å²) in [5, 5.41) is 2.78. The lowest BCUT2D eigenvalue weighted by Gasteiger charge is -2.20. The first-order valence-corrected chi connectivity index (χ1v) is 6.95. The molecule has 0 spiro atoms. The highest BCUT2D eigenvalue weighted by atomic mass is 79.9. The zero-order valence-electron chi connectivity index (χ0n) is 9.67. The van der Waals surface area contributed by atoms with Gasteiger partial charge in [0.1, 0.15) is 4.88 Å². The van der Waals surface area contributed by atoms with Crippen LogP contribution in [0.15, 0.2) is 46.3 Å². The maximum Gasteiger partial charge on any atom is 0.338 e. The molecular weight excluding hydrogens is 330 g/mol. The highest BCUT2D eigenvalue weighted by Crippen LogP contribution is 2.22. The molecule has 3 amide bonds. The summed E-state index contributed by atoms with van der Waals surface area (Å²) in [5.41, 5.74) is 8.24. The first-order valence-electron chi connectivity index (χ1n) is 5.28. The maximum atomic E-state index is 12.0. The average Bonchev–Trinajstić information content (AvgIpc) is 2.82. The van der Waals surface area contributed by atoms with Crippen molar-refractivity contribution in [1.82, 2.24) is 5.43 Å². The van der Waals surface area contributed by atoms with Crippen LogP contribution in [0.5, 0.6) is 0 Å². The molecule has 0 aliphatic carbocycles. The molecule has 0 aliphatic rings. The second-order valence-electron chi connectivity index (χ2n) is 3.55. The van der Waals surface area contributed by atoms with Crippen LogP contribution in [0.4, 0.5) is 10.5 Å². The van der Waals surface area contributed by atoms with Gasteiger partial charge in [-0.1, -0.05) is 18.2 Å². The van der Waals surface area contributed by atoms with E-state index in [0.717, 1.165) is 5.01 Å². The number of rotatable bonds is 2. The van der Waals surface area contributed by atoms with E-state index in [1.807, 2.05) is 0 Å². The number of benzene rings is 1. The second-order valence-corrected chi connectivity index (χ2v) is 5.32. The van der Waals surface area contributed by atoms with Gasteiger partial charge in [0, 0.05) is 4.47 Å². The number of nitrogens with two attached hydrogens (primary N) is 1. The van der Waals surface area contributed by atoms with E-state index in [0.29, 0.717) is 15.0 Å². The predicted octanol–water partition coefficient (Wildman–Crippen LogP) is 2.74. The summed E-state index contributed by atoms with van der Waals surface area (Å²) in [7, 11) is 0. The van der Waals surface area contributed by atoms with E-state index in [1.165, 1.54) is 11.3 Å². The molecule has 3 N–H and O–H groups in total. The third kappa shape index (κ3) is 3.12. The quantitative estimate of drug-likeness (QED) is 0.825. The number of carbonyl (C=O) groups excluding carboxylic acids is 2. The largest absolute Gasteiger partial charge is 0.350 e. The number of primary amides is 1. The number of hydrogen-bond acceptors (Lipinski definition) is 3. The number of hydrazine groups is 1. The molecule has 2 rings (SSSR count). The van der Waals surface area contributed by atoms with Gasteiger partial charge in [-0.25, -0.2) is 9.80 Å². The fourth-order valence-electron chi connectivity index (χ4n) is 1.43. The summed E-state index contributed by atoms with van der Waals surface area (Å²) in [6, 6.07) is 9.66. The molecule has 0 saturated heterocycles. The van der Waals surface area contributed by atoms with E-state index in [4.69, 9.17) is 5.73 Å². The van der Waals surface area contributed by atoms with Crippen molar-refractivity contribution in [3.05, 3.63) is 51.1 Å². The van der Waals surface area contributed by atoms with Crippen molar-refractivity contribution >= 4 is 44.9 Å². The van der Waals surface area contributed by atoms with Crippen molar-refractivity contribution in [3.63, 3.8) is 0 Å². The van der Waals surface area contributed by atoms with Crippen LogP contribution in [-0.4, -0.2) is 11.9 Å². The molecule has 0 aliphatic heterocycles. The van der Waals surface area contributed by atoms with Crippen molar-refractivity contribution < 1.29 is 9.59 Å². The normalized spacial score (nSPS) is 9.95. The minimum absolute atomic E-state index is 0.399. The number of hydrogen-bond donors (Lipinski definition) is 2. The summed E-state index contributed by atoms with van der Waals surface area (Å²) < 4.78 is 0.674. The van der Waals surface area contributed by atoms with Gasteiger partial charge in [-0.05, 0) is 39.5 Å². The van der Waals surface area contributed by atoms with Gasteiger partial charge in [0.2, 0.25) is 0 Å². The lowest BCUT2D eigenvalue weighted by atomic mass is 10.3. The molecule has 2 aromatic rings. The fraction of sp³-hybridized carbons (Fsp3) is 0. The van der Waals surface area contributed by atoms with Crippen molar-refractivity contribution in [2.75, 3.05) is 5.01 Å². The Kier molecular flexibility index (Phi) is 4.18. The molecule has 0 radical (unpaired) electrons. The highest BCUT2D eigenvalue weighted by molar-refractivity contribution is 9.10. The van der Waals surface area contributed by atoms with Crippen LogP contribution in [0.25, 0.3) is 0 Å². The minimum Gasteiger partial charge on any atom is -0.350 e. The van der Waals surface area contributed by atoms with E-state index < -0.39 is 11.9 Å². The maximum absolute atomic E-state index is 12.0. The lowest BCUT2D eigenvalue weighted by molar-refractivity contribution is 0.0954. The molecule has 0 saturated carbocycles. The summed E-state index contributed by atoms with van der Waals surface area (Å²) >= 11 is 4.53. The van der Waals surface area contributed by atoms with E-state index in [2.05, 4.69) is 21.4 Å². The Bertz CT molecular complexity index is 600. The molecular formula is C12H10BrN3O2S. The van der Waals surface area contributed by atoms with E-state index in [-0.39, 0.29) is 0 Å². The molecule has 0 bridgehead atoms. The summed E-state index contributed by atoms with van der Waals surface area (Å²) in [6.45, 7) is 0. The molecule has 5 nitrogen and oxygen atoms in total. The molecule has 0 unspecified atom stereocenters. The number of nitrogens with one attached hydrogen (secondary N) is 1. The number of nitrogens with zero attached hydrogens (tertiary/aromatic N) is 1. The van der Waals surface area contributed by atoms with E-state index >= 15 is 0 Å². The lowest BCUT2D eigenvalue weighted by Crippen LogP contribution is -2.49. The first kappa shape index (κ1) is 13.6. The van der Waals surface area contributed by atoms with Crippen LogP contribution < -0.4 is 16.2 Å². The van der Waals surface area contributed by atoms with E-state index in [1.54, 1.807) is 41.8 Å². The molecule has 98 valence electrons. The third-order valence-electron chi connectivity index (χ3n) is 2.27. The van der Waals surface area contributed by atoms with Gasteiger partial charge in [-0.15, -0.1) is 11.3 Å². The van der Waals surface area contributed by atoms with Gasteiger partial charge in [0.15, 0.2) is 0 Å². The Morgan fingerprint density at radius 1 is 1.21 bits per heavy atom. The molecule has 0 atom stereocenters. The number of anilines is 1. The number of amides is 3. The standard InChI is InChI=1S/C12H10BrN3O2S/c13-9-6-7-19-10(9)11(17)15-16(12(14)18)8-4-2-1-3-5-8/h1-7H,(H2,14,18)(H,15,17). The Hall–Kier alpha value is -1.86. The average molecular weight is 340 g/mol. The predicted molar refractivity (Wildman–Crippen MR) is 78.0 cm³/mol. The van der Waals surface area contributed by atoms with Crippen LogP contribution in [-0.2, 0) is 0 Å². The monoisotopic (exact) mass is 339 g/mol. The molecule has 1 aromatic heterocycles. The summed E-state index contributed by atoms with van der Waals surface area (Å²) in [4.78, 5) is 23.9. The summed E-state index contributed by atoms with van der Waals surface area (Å²) in [5.74, 6) is -0.399. The SMILES string of the molecule is NC(=O)N(NC(=O)c1sccc1Br)c1ccccc1. The highest BCUT2D eigenvalue weighted by Gasteiger charge is 2.18. The van der Waals surface area contributed by atoms with Gasteiger partial charge in [0.05, 0.1) is 5.69 Å². The molecule has 1 heterocycles. The van der Waals surface area contributed by atoms with Crippen LogP contribution in [0.2, 0.25) is 0 Å². The molecule has 1 aromatic carbocycles. The van der Waals surface area contributed by atoms with Crippen LogP contribution in [0.3, 0.4) is 0 Å². The second kappa shape index (κ2) is 5.85. The smallest absolute Gasteiger partial charge is 0.338 e. The van der Waals surface area contributed by atoms with Gasteiger partial charge in [-0.3, -0.25) is 10.2 Å². The number of halogens is 1. The molecule has 7 heteroatoms. The Morgan fingerprint density at radius 3 is 2.42 bits per heavy atom. The van der Waals surface area contributed by atoms with Crippen molar-refractivity contribution in [1.29, 1.82) is 0 Å².